The van der Waals surface area contributed by atoms with Gasteiger partial charge in [0.1, 0.15) is 0 Å². The molecule has 0 aromatic carbocycles. The molecule has 1 atom stereocenters. The minimum atomic E-state index is -0.0289. The van der Waals surface area contributed by atoms with E-state index in [1.807, 2.05) is 0 Å². The minimum absolute atomic E-state index is 0.0279. The molecule has 4 heteroatoms. The van der Waals surface area contributed by atoms with Crippen LogP contribution in [0.4, 0.5) is 0 Å². The first-order valence-corrected chi connectivity index (χ1v) is 15.5. The van der Waals surface area contributed by atoms with E-state index < -0.39 is 0 Å². The second kappa shape index (κ2) is 25.8. The van der Waals surface area contributed by atoms with E-state index in [2.05, 4.69) is 43.4 Å². The van der Waals surface area contributed by atoms with Gasteiger partial charge in [0.05, 0.1) is 13.2 Å². The molecule has 0 N–H and O–H groups in total. The van der Waals surface area contributed by atoms with Gasteiger partial charge in [0.2, 0.25) is 0 Å². The number of rotatable bonds is 15. The van der Waals surface area contributed by atoms with Gasteiger partial charge in [-0.1, -0.05) is 68.6 Å². The first-order valence-electron chi connectivity index (χ1n) is 15.5. The summed E-state index contributed by atoms with van der Waals surface area (Å²) in [6, 6.07) is 0. The van der Waals surface area contributed by atoms with E-state index in [4.69, 9.17) is 9.47 Å². The Morgan fingerprint density at radius 2 is 1.65 bits per heavy atom. The van der Waals surface area contributed by atoms with Crippen molar-refractivity contribution < 1.29 is 19.1 Å². The molecule has 1 rings (SSSR count). The summed E-state index contributed by atoms with van der Waals surface area (Å²) < 4.78 is 10.7. The van der Waals surface area contributed by atoms with Crippen molar-refractivity contribution in [2.45, 2.75) is 142 Å². The molecule has 212 valence electrons. The Balaban J connectivity index is 2.11. The smallest absolute Gasteiger partial charge is 0.305 e. The maximum absolute atomic E-state index is 11.9. The summed E-state index contributed by atoms with van der Waals surface area (Å²) in [4.78, 5) is 23.6. The van der Waals surface area contributed by atoms with Gasteiger partial charge < -0.3 is 9.47 Å². The Bertz CT molecular complexity index is 634. The Hall–Kier alpha value is -1.84. The number of hydrogen-bond acceptors (Lipinski definition) is 4. The second-order valence-electron chi connectivity index (χ2n) is 10.5. The molecule has 37 heavy (non-hydrogen) atoms. The van der Waals surface area contributed by atoms with Gasteiger partial charge in [-0.05, 0) is 103 Å². The van der Waals surface area contributed by atoms with Gasteiger partial charge in [-0.2, -0.15) is 0 Å². The molecule has 0 radical (unpaired) electrons. The average molecular weight is 517 g/mol. The zero-order chi connectivity index (χ0) is 26.7. The second-order valence-corrected chi connectivity index (χ2v) is 10.5. The first-order chi connectivity index (χ1) is 18.2. The highest BCUT2D eigenvalue weighted by atomic mass is 16.5. The maximum Gasteiger partial charge on any atom is 0.305 e. The van der Waals surface area contributed by atoms with E-state index >= 15 is 0 Å². The molecule has 1 heterocycles. The fourth-order valence-electron chi connectivity index (χ4n) is 4.65. The highest BCUT2D eigenvalue weighted by Gasteiger charge is 2.06. The van der Waals surface area contributed by atoms with Gasteiger partial charge in [-0.25, -0.2) is 0 Å². The van der Waals surface area contributed by atoms with E-state index in [-0.39, 0.29) is 11.9 Å². The lowest BCUT2D eigenvalue weighted by atomic mass is 9.95. The van der Waals surface area contributed by atoms with Gasteiger partial charge in [0.15, 0.2) is 0 Å². The topological polar surface area (TPSA) is 52.6 Å². The van der Waals surface area contributed by atoms with Crippen molar-refractivity contribution in [2.24, 2.45) is 5.92 Å². The van der Waals surface area contributed by atoms with E-state index in [0.29, 0.717) is 32.0 Å². The van der Waals surface area contributed by atoms with Crippen LogP contribution in [0.25, 0.3) is 0 Å². The number of carbonyl (C=O) groups is 2. The van der Waals surface area contributed by atoms with Crippen LogP contribution in [0, 0.1) is 5.92 Å². The Labute approximate surface area is 228 Å². The Morgan fingerprint density at radius 1 is 0.892 bits per heavy atom. The molecular formula is C33H56O4. The molecule has 0 amide bonds. The van der Waals surface area contributed by atoms with E-state index in [1.165, 1.54) is 38.5 Å². The van der Waals surface area contributed by atoms with E-state index in [1.54, 1.807) is 0 Å². The molecular weight excluding hydrogens is 460 g/mol. The summed E-state index contributed by atoms with van der Waals surface area (Å²) in [5.74, 6) is 0.531. The van der Waals surface area contributed by atoms with Crippen LogP contribution in [0.5, 0.6) is 0 Å². The third-order valence-electron chi connectivity index (χ3n) is 7.01. The molecule has 0 aromatic rings. The molecule has 0 aromatic heterocycles. The minimum Gasteiger partial charge on any atom is -0.466 e. The van der Waals surface area contributed by atoms with Crippen LogP contribution in [-0.4, -0.2) is 25.2 Å². The summed E-state index contributed by atoms with van der Waals surface area (Å²) in [6.07, 6.45) is 36.1. The molecule has 1 aliphatic rings. The van der Waals surface area contributed by atoms with E-state index in [0.717, 1.165) is 83.5 Å². The highest BCUT2D eigenvalue weighted by molar-refractivity contribution is 5.69. The number of hydrogen-bond donors (Lipinski definition) is 0. The fourth-order valence-corrected chi connectivity index (χ4v) is 4.65. The van der Waals surface area contributed by atoms with Crippen LogP contribution < -0.4 is 0 Å². The normalized spacial score (nSPS) is 19.7. The number of cyclic esters (lactones) is 1. The fraction of sp³-hybridized carbons (Fsp3) is 0.758. The number of carbonyl (C=O) groups excluding carboxylic acids is 2. The van der Waals surface area contributed by atoms with Gasteiger partial charge >= 0.3 is 11.9 Å². The molecule has 0 bridgehead atoms. The summed E-state index contributed by atoms with van der Waals surface area (Å²) in [6.45, 7) is 3.21. The lowest BCUT2D eigenvalue weighted by molar-refractivity contribution is -0.144. The molecule has 0 saturated heterocycles. The zero-order valence-corrected chi connectivity index (χ0v) is 23.9. The van der Waals surface area contributed by atoms with Gasteiger partial charge in [0.25, 0.3) is 0 Å². The lowest BCUT2D eigenvalue weighted by Crippen LogP contribution is -2.06. The molecule has 4 nitrogen and oxygen atoms in total. The molecule has 0 saturated carbocycles. The predicted octanol–water partition coefficient (Wildman–Crippen LogP) is 9.58. The summed E-state index contributed by atoms with van der Waals surface area (Å²) in [7, 11) is 0. The SMILES string of the molecule is C/C=C\CCCCCCCC(=O)OCCCCC/C=C/C1C/C=C/CCCCCOC(=O)CCCCC1. The molecule has 0 fully saturated rings. The van der Waals surface area contributed by atoms with Crippen LogP contribution in [0.2, 0.25) is 0 Å². The van der Waals surface area contributed by atoms with Crippen LogP contribution in [0.3, 0.4) is 0 Å². The van der Waals surface area contributed by atoms with Crippen LogP contribution in [0.1, 0.15) is 142 Å². The highest BCUT2D eigenvalue weighted by Crippen LogP contribution is 2.19. The number of allylic oxidation sites excluding steroid dienone is 6. The predicted molar refractivity (Wildman–Crippen MR) is 155 cm³/mol. The van der Waals surface area contributed by atoms with Gasteiger partial charge in [0, 0.05) is 12.8 Å². The van der Waals surface area contributed by atoms with Gasteiger partial charge in [-0.3, -0.25) is 9.59 Å². The summed E-state index contributed by atoms with van der Waals surface area (Å²) >= 11 is 0. The largest absolute Gasteiger partial charge is 0.466 e. The lowest BCUT2D eigenvalue weighted by Gasteiger charge is -2.11. The van der Waals surface area contributed by atoms with Crippen molar-refractivity contribution >= 4 is 11.9 Å². The van der Waals surface area contributed by atoms with Crippen molar-refractivity contribution in [3.63, 3.8) is 0 Å². The first kappa shape index (κ1) is 33.2. The number of esters is 2. The third-order valence-corrected chi connectivity index (χ3v) is 7.01. The molecule has 0 aliphatic carbocycles. The maximum atomic E-state index is 11.9. The third kappa shape index (κ3) is 23.0. The average Bonchev–Trinajstić information content (AvgIpc) is 2.89. The van der Waals surface area contributed by atoms with Crippen LogP contribution in [-0.2, 0) is 19.1 Å². The zero-order valence-electron chi connectivity index (χ0n) is 23.9. The molecule has 1 aliphatic heterocycles. The van der Waals surface area contributed by atoms with E-state index in [9.17, 15) is 9.59 Å². The molecule has 0 spiro atoms. The van der Waals surface area contributed by atoms with Gasteiger partial charge in [-0.15, -0.1) is 0 Å². The van der Waals surface area contributed by atoms with Crippen molar-refractivity contribution in [2.75, 3.05) is 13.2 Å². The summed E-state index contributed by atoms with van der Waals surface area (Å²) in [5.41, 5.74) is 0. The van der Waals surface area contributed by atoms with Crippen molar-refractivity contribution in [3.05, 3.63) is 36.5 Å². The monoisotopic (exact) mass is 516 g/mol. The van der Waals surface area contributed by atoms with Crippen molar-refractivity contribution in [3.8, 4) is 0 Å². The molecule has 1 unspecified atom stereocenters. The quantitative estimate of drug-likeness (QED) is 0.123. The standard InChI is InChI=1S/C33H56O4/c1-2-3-4-5-6-7-13-20-27-32(34)36-30-23-15-10-12-18-25-31-24-17-11-8-9-14-22-29-37-33(35)28-21-16-19-26-31/h2-3,11,17-18,25,31H,4-10,12-16,19-24,26-30H2,1H3/b3-2-,17-11+,25-18+. The van der Waals surface area contributed by atoms with Crippen molar-refractivity contribution in [1.82, 2.24) is 0 Å². The number of ether oxygens (including phenoxy) is 2. The Kier molecular flexibility index (Phi) is 23.1. The Morgan fingerprint density at radius 3 is 2.51 bits per heavy atom. The number of unbranched alkanes of at least 4 members (excludes halogenated alkanes) is 8. The summed E-state index contributed by atoms with van der Waals surface area (Å²) in [5, 5.41) is 0. The van der Waals surface area contributed by atoms with Crippen LogP contribution in [0.15, 0.2) is 36.5 Å². The van der Waals surface area contributed by atoms with Crippen molar-refractivity contribution in [1.29, 1.82) is 0 Å². The van der Waals surface area contributed by atoms with Crippen LogP contribution >= 0.6 is 0 Å².